The van der Waals surface area contributed by atoms with Gasteiger partial charge >= 0.3 is 0 Å². The zero-order valence-corrected chi connectivity index (χ0v) is 9.73. The van der Waals surface area contributed by atoms with Gasteiger partial charge in [-0.15, -0.1) is 0 Å². The van der Waals surface area contributed by atoms with Crippen molar-refractivity contribution in [2.75, 3.05) is 0 Å². The largest absolute Gasteiger partial charge is 0.392 e. The molecule has 0 unspecified atom stereocenters. The van der Waals surface area contributed by atoms with Crippen LogP contribution < -0.4 is 0 Å². The van der Waals surface area contributed by atoms with E-state index < -0.39 is 0 Å². The Labute approximate surface area is 99.5 Å². The molecule has 1 N–H and O–H groups in total. The fourth-order valence-electron chi connectivity index (χ4n) is 1.85. The molecule has 0 bridgehead atoms. The fourth-order valence-corrected chi connectivity index (χ4v) is 1.85. The van der Waals surface area contributed by atoms with Crippen LogP contribution in [0.5, 0.6) is 0 Å². The zero-order chi connectivity index (χ0) is 12.3. The van der Waals surface area contributed by atoms with E-state index in [2.05, 4.69) is 12.0 Å². The Bertz CT molecular complexity index is 491. The first kappa shape index (κ1) is 11.8. The minimum absolute atomic E-state index is 0.0173. The van der Waals surface area contributed by atoms with E-state index in [1.54, 1.807) is 23.0 Å². The third-order valence-corrected chi connectivity index (χ3v) is 2.68. The van der Waals surface area contributed by atoms with Crippen LogP contribution >= 0.6 is 0 Å². The predicted molar refractivity (Wildman–Crippen MR) is 63.4 cm³/mol. The molecule has 4 heteroatoms. The molecule has 0 radical (unpaired) electrons. The molecule has 0 atom stereocenters. The third-order valence-electron chi connectivity index (χ3n) is 2.68. The molecule has 0 aliphatic heterocycles. The minimum Gasteiger partial charge on any atom is -0.392 e. The lowest BCUT2D eigenvalue weighted by Crippen LogP contribution is -2.03. The molecule has 17 heavy (non-hydrogen) atoms. The molecule has 2 aromatic rings. The lowest BCUT2D eigenvalue weighted by atomic mass is 10.1. The smallest absolute Gasteiger partial charge is 0.123 e. The SMILES string of the molecule is CCCc1c(CO)cnn1-c1ccc(F)cc1. The highest BCUT2D eigenvalue weighted by molar-refractivity contribution is 5.35. The second-order valence-electron chi connectivity index (χ2n) is 3.91. The summed E-state index contributed by atoms with van der Waals surface area (Å²) < 4.78 is 14.6. The quantitative estimate of drug-likeness (QED) is 0.882. The summed E-state index contributed by atoms with van der Waals surface area (Å²) in [4.78, 5) is 0. The topological polar surface area (TPSA) is 38.1 Å². The highest BCUT2D eigenvalue weighted by Crippen LogP contribution is 2.17. The summed E-state index contributed by atoms with van der Waals surface area (Å²) in [5, 5.41) is 13.5. The van der Waals surface area contributed by atoms with E-state index in [0.29, 0.717) is 0 Å². The molecule has 3 nitrogen and oxygen atoms in total. The number of aromatic nitrogens is 2. The van der Waals surface area contributed by atoms with E-state index in [1.165, 1.54) is 12.1 Å². The molecule has 1 aromatic heterocycles. The maximum atomic E-state index is 12.9. The van der Waals surface area contributed by atoms with E-state index in [1.807, 2.05) is 0 Å². The molecule has 1 heterocycles. The number of aliphatic hydroxyl groups is 1. The van der Waals surface area contributed by atoms with Crippen LogP contribution in [0.15, 0.2) is 30.5 Å². The monoisotopic (exact) mass is 234 g/mol. The van der Waals surface area contributed by atoms with Crippen molar-refractivity contribution in [3.63, 3.8) is 0 Å². The van der Waals surface area contributed by atoms with Crippen molar-refractivity contribution in [3.05, 3.63) is 47.5 Å². The number of hydrogen-bond donors (Lipinski definition) is 1. The summed E-state index contributed by atoms with van der Waals surface area (Å²) in [5.41, 5.74) is 2.63. The second-order valence-corrected chi connectivity index (χ2v) is 3.91. The molecule has 0 aliphatic carbocycles. The fraction of sp³-hybridized carbons (Fsp3) is 0.308. The first-order chi connectivity index (χ1) is 8.26. The van der Waals surface area contributed by atoms with Crippen molar-refractivity contribution in [1.82, 2.24) is 9.78 Å². The standard InChI is InChI=1S/C13H15FN2O/c1-2-3-13-10(9-17)8-15-16(13)12-6-4-11(14)5-7-12/h4-8,17H,2-3,9H2,1H3. The number of halogens is 1. The lowest BCUT2D eigenvalue weighted by molar-refractivity contribution is 0.280. The van der Waals surface area contributed by atoms with Gasteiger partial charge in [0.05, 0.1) is 18.5 Å². The Morgan fingerprint density at radius 3 is 2.59 bits per heavy atom. The van der Waals surface area contributed by atoms with Gasteiger partial charge in [-0.1, -0.05) is 13.3 Å². The summed E-state index contributed by atoms with van der Waals surface area (Å²) in [6, 6.07) is 6.18. The summed E-state index contributed by atoms with van der Waals surface area (Å²) in [6.07, 6.45) is 3.47. The van der Waals surface area contributed by atoms with Crippen molar-refractivity contribution in [1.29, 1.82) is 0 Å². The molecule has 0 spiro atoms. The molecular formula is C13H15FN2O. The molecule has 0 saturated heterocycles. The Kier molecular flexibility index (Phi) is 3.54. The second kappa shape index (κ2) is 5.10. The van der Waals surface area contributed by atoms with Gasteiger partial charge < -0.3 is 5.11 Å². The van der Waals surface area contributed by atoms with Crippen molar-refractivity contribution in [2.24, 2.45) is 0 Å². The van der Waals surface area contributed by atoms with E-state index in [4.69, 9.17) is 0 Å². The Morgan fingerprint density at radius 2 is 2.00 bits per heavy atom. The number of benzene rings is 1. The van der Waals surface area contributed by atoms with Gasteiger partial charge in [-0.3, -0.25) is 0 Å². The van der Waals surface area contributed by atoms with Crippen molar-refractivity contribution in [2.45, 2.75) is 26.4 Å². The molecule has 0 fully saturated rings. The Hall–Kier alpha value is -1.68. The number of nitrogens with zero attached hydrogens (tertiary/aromatic N) is 2. The third kappa shape index (κ3) is 2.36. The molecule has 0 amide bonds. The molecule has 90 valence electrons. The highest BCUT2D eigenvalue weighted by atomic mass is 19.1. The highest BCUT2D eigenvalue weighted by Gasteiger charge is 2.10. The summed E-state index contributed by atoms with van der Waals surface area (Å²) in [7, 11) is 0. The molecule has 2 rings (SSSR count). The van der Waals surface area contributed by atoms with E-state index in [9.17, 15) is 9.50 Å². The van der Waals surface area contributed by atoms with Gasteiger partial charge in [0.15, 0.2) is 0 Å². The van der Waals surface area contributed by atoms with Gasteiger partial charge in [0, 0.05) is 11.3 Å². The maximum absolute atomic E-state index is 12.9. The van der Waals surface area contributed by atoms with Crippen LogP contribution in [0.25, 0.3) is 5.69 Å². The minimum atomic E-state index is -0.264. The first-order valence-corrected chi connectivity index (χ1v) is 5.68. The van der Waals surface area contributed by atoms with Crippen LogP contribution in [0.3, 0.4) is 0 Å². The van der Waals surface area contributed by atoms with E-state index >= 15 is 0 Å². The lowest BCUT2D eigenvalue weighted by Gasteiger charge is -2.08. The Morgan fingerprint density at radius 1 is 1.29 bits per heavy atom. The molecular weight excluding hydrogens is 219 g/mol. The summed E-state index contributed by atoms with van der Waals surface area (Å²) in [6.45, 7) is 2.06. The average molecular weight is 234 g/mol. The number of aliphatic hydroxyl groups excluding tert-OH is 1. The van der Waals surface area contributed by atoms with Crippen LogP contribution in [-0.2, 0) is 13.0 Å². The molecule has 1 aromatic carbocycles. The van der Waals surface area contributed by atoms with Gasteiger partial charge in [0.2, 0.25) is 0 Å². The van der Waals surface area contributed by atoms with Crippen LogP contribution in [0.1, 0.15) is 24.6 Å². The predicted octanol–water partition coefficient (Wildman–Crippen LogP) is 2.46. The van der Waals surface area contributed by atoms with E-state index in [-0.39, 0.29) is 12.4 Å². The van der Waals surface area contributed by atoms with Crippen LogP contribution in [0.2, 0.25) is 0 Å². The van der Waals surface area contributed by atoms with Gasteiger partial charge in [0.25, 0.3) is 0 Å². The van der Waals surface area contributed by atoms with Gasteiger partial charge in [-0.05, 0) is 30.7 Å². The maximum Gasteiger partial charge on any atom is 0.123 e. The zero-order valence-electron chi connectivity index (χ0n) is 9.73. The normalized spacial score (nSPS) is 10.8. The van der Waals surface area contributed by atoms with Gasteiger partial charge in [-0.25, -0.2) is 9.07 Å². The first-order valence-electron chi connectivity index (χ1n) is 5.68. The summed E-state index contributed by atoms with van der Waals surface area (Å²) in [5.74, 6) is -0.264. The van der Waals surface area contributed by atoms with Crippen LogP contribution in [0.4, 0.5) is 4.39 Å². The summed E-state index contributed by atoms with van der Waals surface area (Å²) >= 11 is 0. The van der Waals surface area contributed by atoms with Crippen molar-refractivity contribution < 1.29 is 9.50 Å². The average Bonchev–Trinajstić information content (AvgIpc) is 2.74. The van der Waals surface area contributed by atoms with Gasteiger partial charge in [-0.2, -0.15) is 5.10 Å². The van der Waals surface area contributed by atoms with Crippen molar-refractivity contribution in [3.8, 4) is 5.69 Å². The molecule has 0 saturated carbocycles. The van der Waals surface area contributed by atoms with Crippen LogP contribution in [-0.4, -0.2) is 14.9 Å². The Balaban J connectivity index is 2.43. The van der Waals surface area contributed by atoms with Crippen LogP contribution in [0, 0.1) is 5.82 Å². The van der Waals surface area contributed by atoms with Gasteiger partial charge in [0.1, 0.15) is 5.82 Å². The molecule has 0 aliphatic rings. The van der Waals surface area contributed by atoms with E-state index in [0.717, 1.165) is 29.8 Å². The number of rotatable bonds is 4. The number of hydrogen-bond acceptors (Lipinski definition) is 2. The van der Waals surface area contributed by atoms with Crippen molar-refractivity contribution >= 4 is 0 Å².